The van der Waals surface area contributed by atoms with Crippen molar-refractivity contribution >= 4 is 22.4 Å². The van der Waals surface area contributed by atoms with E-state index in [9.17, 15) is 4.79 Å². The Hall–Kier alpha value is -2.49. The van der Waals surface area contributed by atoms with Crippen LogP contribution in [0.2, 0.25) is 0 Å². The smallest absolute Gasteiger partial charge is 0.323 e. The van der Waals surface area contributed by atoms with Gasteiger partial charge in [-0.2, -0.15) is 0 Å². The van der Waals surface area contributed by atoms with E-state index >= 15 is 0 Å². The molecule has 0 fully saturated rings. The van der Waals surface area contributed by atoms with Gasteiger partial charge in [-0.3, -0.25) is 4.79 Å². The van der Waals surface area contributed by atoms with Crippen LogP contribution in [0.25, 0.3) is 10.8 Å². The third-order valence-electron chi connectivity index (χ3n) is 3.08. The molecule has 1 heterocycles. The predicted octanol–water partition coefficient (Wildman–Crippen LogP) is 2.64. The molecule has 4 heteroatoms. The van der Waals surface area contributed by atoms with Crippen LogP contribution >= 0.6 is 0 Å². The third-order valence-corrected chi connectivity index (χ3v) is 3.08. The highest BCUT2D eigenvalue weighted by Gasteiger charge is 2.17. The standard InChI is InChI=1S/C15H13NO3/c17-14(18)10-16-8-3-9-19-15-12-5-2-1-4-11(12)6-7-13(15)16/h1-8H,9-10H2,(H,17,18). The maximum atomic E-state index is 10.9. The molecule has 2 aromatic rings. The van der Waals surface area contributed by atoms with E-state index in [0.717, 1.165) is 22.2 Å². The van der Waals surface area contributed by atoms with Crippen LogP contribution in [-0.2, 0) is 4.79 Å². The molecule has 0 aromatic heterocycles. The number of rotatable bonds is 2. The topological polar surface area (TPSA) is 49.8 Å². The van der Waals surface area contributed by atoms with Gasteiger partial charge in [0.2, 0.25) is 0 Å². The van der Waals surface area contributed by atoms with Gasteiger partial charge in [0.1, 0.15) is 13.2 Å². The van der Waals surface area contributed by atoms with Crippen LogP contribution in [0.3, 0.4) is 0 Å². The molecule has 0 unspecified atom stereocenters. The summed E-state index contributed by atoms with van der Waals surface area (Å²) in [6, 6.07) is 11.8. The molecule has 96 valence electrons. The summed E-state index contributed by atoms with van der Waals surface area (Å²) in [5, 5.41) is 11.1. The van der Waals surface area contributed by atoms with E-state index in [0.29, 0.717) is 6.61 Å². The van der Waals surface area contributed by atoms with Gasteiger partial charge < -0.3 is 14.7 Å². The second-order valence-electron chi connectivity index (χ2n) is 4.35. The zero-order chi connectivity index (χ0) is 13.2. The van der Waals surface area contributed by atoms with E-state index in [-0.39, 0.29) is 6.54 Å². The number of carboxylic acid groups (broad SMARTS) is 1. The number of anilines is 1. The maximum absolute atomic E-state index is 10.9. The molecule has 1 aliphatic rings. The summed E-state index contributed by atoms with van der Waals surface area (Å²) in [6.07, 6.45) is 3.58. The summed E-state index contributed by atoms with van der Waals surface area (Å²) in [5.41, 5.74) is 0.787. The van der Waals surface area contributed by atoms with Crippen LogP contribution in [-0.4, -0.2) is 24.2 Å². The van der Waals surface area contributed by atoms with Crippen LogP contribution in [0.15, 0.2) is 48.7 Å². The Bertz CT molecular complexity index is 663. The number of hydrogen-bond acceptors (Lipinski definition) is 3. The molecule has 3 rings (SSSR count). The highest BCUT2D eigenvalue weighted by Crippen LogP contribution is 2.37. The van der Waals surface area contributed by atoms with Gasteiger partial charge in [-0.1, -0.05) is 30.3 Å². The Morgan fingerprint density at radius 3 is 2.95 bits per heavy atom. The second-order valence-corrected chi connectivity index (χ2v) is 4.35. The molecule has 0 atom stereocenters. The Morgan fingerprint density at radius 1 is 1.26 bits per heavy atom. The lowest BCUT2D eigenvalue weighted by molar-refractivity contribution is -0.135. The first-order valence-corrected chi connectivity index (χ1v) is 6.05. The van der Waals surface area contributed by atoms with Crippen molar-refractivity contribution in [2.24, 2.45) is 0 Å². The highest BCUT2D eigenvalue weighted by molar-refractivity contribution is 5.94. The summed E-state index contributed by atoms with van der Waals surface area (Å²) in [4.78, 5) is 12.6. The van der Waals surface area contributed by atoms with E-state index in [1.807, 2.05) is 42.5 Å². The molecule has 0 saturated heterocycles. The average Bonchev–Trinajstić information content (AvgIpc) is 2.61. The van der Waals surface area contributed by atoms with E-state index in [1.165, 1.54) is 0 Å². The SMILES string of the molecule is O=C(O)CN1C=CCOc2c1ccc1ccccc21. The Balaban J connectivity index is 2.17. The number of hydrogen-bond donors (Lipinski definition) is 1. The molecule has 1 N–H and O–H groups in total. The summed E-state index contributed by atoms with van der Waals surface area (Å²) in [6.45, 7) is 0.363. The van der Waals surface area contributed by atoms with Crippen molar-refractivity contribution < 1.29 is 14.6 Å². The molecule has 4 nitrogen and oxygen atoms in total. The minimum absolute atomic E-state index is 0.0782. The zero-order valence-corrected chi connectivity index (χ0v) is 10.2. The van der Waals surface area contributed by atoms with Crippen LogP contribution < -0.4 is 9.64 Å². The van der Waals surface area contributed by atoms with Gasteiger partial charge in [-0.15, -0.1) is 0 Å². The lowest BCUT2D eigenvalue weighted by atomic mass is 10.1. The molecule has 0 saturated carbocycles. The normalized spacial score (nSPS) is 13.8. The fourth-order valence-electron chi connectivity index (χ4n) is 2.27. The van der Waals surface area contributed by atoms with Crippen LogP contribution in [0.1, 0.15) is 0 Å². The van der Waals surface area contributed by atoms with E-state index < -0.39 is 5.97 Å². The van der Waals surface area contributed by atoms with Crippen LogP contribution in [0.4, 0.5) is 5.69 Å². The van der Waals surface area contributed by atoms with Gasteiger partial charge in [-0.25, -0.2) is 0 Å². The minimum Gasteiger partial charge on any atom is -0.487 e. The largest absolute Gasteiger partial charge is 0.487 e. The number of fused-ring (bicyclic) bond motifs is 3. The quantitative estimate of drug-likeness (QED) is 0.896. The van der Waals surface area contributed by atoms with Crippen molar-refractivity contribution in [2.75, 3.05) is 18.1 Å². The molecule has 1 aliphatic heterocycles. The maximum Gasteiger partial charge on any atom is 0.323 e. The fraction of sp³-hybridized carbons (Fsp3) is 0.133. The van der Waals surface area contributed by atoms with Gasteiger partial charge in [0.25, 0.3) is 0 Å². The average molecular weight is 255 g/mol. The Kier molecular flexibility index (Phi) is 2.83. The molecule has 0 spiro atoms. The first kappa shape index (κ1) is 11.6. The molecule has 0 amide bonds. The van der Waals surface area contributed by atoms with Crippen molar-refractivity contribution in [3.8, 4) is 5.75 Å². The lowest BCUT2D eigenvalue weighted by Gasteiger charge is -2.20. The Labute approximate surface area is 110 Å². The zero-order valence-electron chi connectivity index (χ0n) is 10.2. The van der Waals surface area contributed by atoms with Crippen molar-refractivity contribution in [2.45, 2.75) is 0 Å². The molecule has 19 heavy (non-hydrogen) atoms. The third kappa shape index (κ3) is 2.12. The number of benzene rings is 2. The van der Waals surface area contributed by atoms with E-state index in [1.54, 1.807) is 11.1 Å². The number of aliphatic carboxylic acids is 1. The van der Waals surface area contributed by atoms with Crippen molar-refractivity contribution in [1.82, 2.24) is 0 Å². The Morgan fingerprint density at radius 2 is 2.11 bits per heavy atom. The van der Waals surface area contributed by atoms with Gasteiger partial charge in [-0.05, 0) is 17.5 Å². The number of ether oxygens (including phenoxy) is 1. The molecule has 2 aromatic carbocycles. The fourth-order valence-corrected chi connectivity index (χ4v) is 2.27. The summed E-state index contributed by atoms with van der Waals surface area (Å²) >= 11 is 0. The van der Waals surface area contributed by atoms with Crippen LogP contribution in [0.5, 0.6) is 5.75 Å². The van der Waals surface area contributed by atoms with Gasteiger partial charge in [0.05, 0.1) is 5.69 Å². The predicted molar refractivity (Wildman–Crippen MR) is 73.6 cm³/mol. The molecule has 0 bridgehead atoms. The molecule has 0 radical (unpaired) electrons. The minimum atomic E-state index is -0.870. The molecular formula is C15H13NO3. The van der Waals surface area contributed by atoms with Gasteiger partial charge in [0.15, 0.2) is 5.75 Å². The first-order valence-electron chi connectivity index (χ1n) is 6.05. The van der Waals surface area contributed by atoms with Crippen molar-refractivity contribution in [3.05, 3.63) is 48.7 Å². The highest BCUT2D eigenvalue weighted by atomic mass is 16.5. The summed E-state index contributed by atoms with van der Waals surface area (Å²) < 4.78 is 5.75. The number of carbonyl (C=O) groups is 1. The van der Waals surface area contributed by atoms with E-state index in [4.69, 9.17) is 9.84 Å². The van der Waals surface area contributed by atoms with Crippen molar-refractivity contribution in [1.29, 1.82) is 0 Å². The monoisotopic (exact) mass is 255 g/mol. The molecular weight excluding hydrogens is 242 g/mol. The first-order chi connectivity index (χ1) is 9.25. The van der Waals surface area contributed by atoms with E-state index in [2.05, 4.69) is 0 Å². The van der Waals surface area contributed by atoms with Crippen LogP contribution in [0, 0.1) is 0 Å². The molecule has 0 aliphatic carbocycles. The lowest BCUT2D eigenvalue weighted by Crippen LogP contribution is -2.23. The summed E-state index contributed by atoms with van der Waals surface area (Å²) in [7, 11) is 0. The van der Waals surface area contributed by atoms with Gasteiger partial charge >= 0.3 is 5.97 Å². The van der Waals surface area contributed by atoms with Crippen molar-refractivity contribution in [3.63, 3.8) is 0 Å². The van der Waals surface area contributed by atoms with Gasteiger partial charge in [0, 0.05) is 11.6 Å². The number of nitrogens with zero attached hydrogens (tertiary/aromatic N) is 1. The summed E-state index contributed by atoms with van der Waals surface area (Å²) in [5.74, 6) is -0.130. The second kappa shape index (κ2) is 4.65. The number of carboxylic acids is 1.